The number of hydrogen-bond acceptors (Lipinski definition) is 6. The molecular formula is C24H41NO6Si. The molecule has 0 bridgehead atoms. The summed E-state index contributed by atoms with van der Waals surface area (Å²) in [4.78, 5) is 38.3. The van der Waals surface area contributed by atoms with E-state index in [9.17, 15) is 18.8 Å². The van der Waals surface area contributed by atoms with Crippen molar-refractivity contribution < 1.29 is 28.4 Å². The lowest BCUT2D eigenvalue weighted by molar-refractivity contribution is -0.173. The predicted molar refractivity (Wildman–Crippen MR) is 128 cm³/mol. The van der Waals surface area contributed by atoms with Crippen molar-refractivity contribution in [1.82, 2.24) is 5.06 Å². The molecule has 32 heavy (non-hydrogen) atoms. The minimum atomic E-state index is -1.13. The molecule has 1 aromatic carbocycles. The molecule has 0 saturated heterocycles. The number of esters is 1. The third-order valence-corrected chi connectivity index (χ3v) is 4.41. The Morgan fingerprint density at radius 1 is 1.06 bits per heavy atom. The molecule has 1 aromatic rings. The van der Waals surface area contributed by atoms with Crippen LogP contribution < -0.4 is 0 Å². The van der Waals surface area contributed by atoms with Crippen LogP contribution in [0, 0.1) is 17.3 Å². The molecule has 1 rings (SSSR count). The summed E-state index contributed by atoms with van der Waals surface area (Å²) < 4.78 is 14.5. The van der Waals surface area contributed by atoms with Crippen molar-refractivity contribution in [2.24, 2.45) is 17.3 Å². The number of hydroxylamine groups is 2. The van der Waals surface area contributed by atoms with Gasteiger partial charge in [0, 0.05) is 19.4 Å². The van der Waals surface area contributed by atoms with E-state index >= 15 is 0 Å². The number of nitrogens with zero attached hydrogens (tertiary/aromatic N) is 1. The highest BCUT2D eigenvalue weighted by Crippen LogP contribution is 2.30. The summed E-state index contributed by atoms with van der Waals surface area (Å²) in [5.41, 5.74) is 1.09. The van der Waals surface area contributed by atoms with Gasteiger partial charge in [-0.3, -0.25) is 14.4 Å². The number of carbonyl (C=O) groups excluding carboxylic acids is 3. The van der Waals surface area contributed by atoms with Gasteiger partial charge >= 0.3 is 5.97 Å². The van der Waals surface area contributed by atoms with Crippen molar-refractivity contribution in [1.29, 1.82) is 0 Å². The molecule has 0 aliphatic rings. The van der Waals surface area contributed by atoms with Crippen molar-refractivity contribution in [2.75, 3.05) is 21.3 Å². The molecule has 0 heterocycles. The zero-order chi connectivity index (χ0) is 25.5. The SMILES string of the molecule is COC(=O)C(Cc1ccccc1)C(C)(C)C.CON(C)C(=O)C(C)CC(C)=O.C[Si](C)=O. The van der Waals surface area contributed by atoms with E-state index < -0.39 is 8.68 Å². The van der Waals surface area contributed by atoms with Crippen LogP contribution in [0.25, 0.3) is 0 Å². The fourth-order valence-corrected chi connectivity index (χ4v) is 2.65. The molecule has 0 radical (unpaired) electrons. The standard InChI is InChI=1S/C14H20O2.C8H15NO3.C2H6OSi/c1-14(2,3)12(13(15)16-4)10-11-8-6-5-7-9-11;1-6(5-7(2)10)8(11)9(3)12-4;1-4(2)3/h5-9,12H,10H2,1-4H3;6H,5H2,1-4H3;1-2H3. The largest absolute Gasteiger partial charge is 0.469 e. The van der Waals surface area contributed by atoms with E-state index in [0.717, 1.165) is 11.5 Å². The zero-order valence-corrected chi connectivity index (χ0v) is 22.4. The van der Waals surface area contributed by atoms with Gasteiger partial charge in [-0.1, -0.05) is 58.0 Å². The lowest BCUT2D eigenvalue weighted by Gasteiger charge is -2.28. The smallest absolute Gasteiger partial charge is 0.309 e. The highest BCUT2D eigenvalue weighted by molar-refractivity contribution is 6.38. The second-order valence-corrected chi connectivity index (χ2v) is 10.7. The normalized spacial score (nSPS) is 12.1. The van der Waals surface area contributed by atoms with E-state index in [2.05, 4.69) is 25.6 Å². The van der Waals surface area contributed by atoms with Gasteiger partial charge < -0.3 is 14.0 Å². The number of ether oxygens (including phenoxy) is 1. The summed E-state index contributed by atoms with van der Waals surface area (Å²) >= 11 is 0. The molecule has 0 spiro atoms. The maximum absolute atomic E-state index is 11.7. The Kier molecular flexibility index (Phi) is 16.4. The quantitative estimate of drug-likeness (QED) is 0.336. The highest BCUT2D eigenvalue weighted by Gasteiger charge is 2.32. The Morgan fingerprint density at radius 3 is 1.88 bits per heavy atom. The van der Waals surface area contributed by atoms with Gasteiger partial charge in [-0.25, -0.2) is 5.06 Å². The van der Waals surface area contributed by atoms with Gasteiger partial charge in [-0.05, 0) is 37.4 Å². The first-order chi connectivity index (χ1) is 14.7. The number of ketones is 1. The van der Waals surface area contributed by atoms with Crippen LogP contribution in [0.4, 0.5) is 0 Å². The minimum absolute atomic E-state index is 0.0142. The number of amides is 1. The molecule has 0 aliphatic carbocycles. The van der Waals surface area contributed by atoms with Gasteiger partial charge in [-0.15, -0.1) is 0 Å². The molecule has 182 valence electrons. The second-order valence-electron chi connectivity index (χ2n) is 8.87. The highest BCUT2D eigenvalue weighted by atomic mass is 28.2. The first-order valence-corrected chi connectivity index (χ1v) is 13.0. The minimum Gasteiger partial charge on any atom is -0.469 e. The monoisotopic (exact) mass is 467 g/mol. The van der Waals surface area contributed by atoms with Crippen LogP contribution in [0.5, 0.6) is 0 Å². The maximum Gasteiger partial charge on any atom is 0.309 e. The van der Waals surface area contributed by atoms with Gasteiger partial charge in [0.15, 0.2) is 0 Å². The summed E-state index contributed by atoms with van der Waals surface area (Å²) in [6.45, 7) is 12.8. The first-order valence-electron chi connectivity index (χ1n) is 10.6. The van der Waals surface area contributed by atoms with Gasteiger partial charge in [0.25, 0.3) is 8.68 Å². The number of hydrogen-bond donors (Lipinski definition) is 0. The van der Waals surface area contributed by atoms with Crippen LogP contribution in [0.2, 0.25) is 13.1 Å². The number of benzene rings is 1. The molecular weight excluding hydrogens is 426 g/mol. The number of Topliss-reactive ketones (excluding diaryl/α,β-unsaturated/α-hetero) is 1. The average Bonchev–Trinajstić information content (AvgIpc) is 2.69. The Hall–Kier alpha value is -2.19. The summed E-state index contributed by atoms with van der Waals surface area (Å²) in [5.74, 6) is -0.684. The van der Waals surface area contributed by atoms with Crippen molar-refractivity contribution in [3.8, 4) is 0 Å². The van der Waals surface area contributed by atoms with Gasteiger partial charge in [0.1, 0.15) is 5.78 Å². The molecule has 2 unspecified atom stereocenters. The second kappa shape index (κ2) is 16.4. The fourth-order valence-electron chi connectivity index (χ4n) is 2.65. The van der Waals surface area contributed by atoms with Crippen molar-refractivity contribution in [2.45, 2.75) is 60.6 Å². The summed E-state index contributed by atoms with van der Waals surface area (Å²) in [5, 5.41) is 1.13. The molecule has 0 saturated carbocycles. The third-order valence-electron chi connectivity index (χ3n) is 4.41. The molecule has 0 N–H and O–H groups in total. The van der Waals surface area contributed by atoms with Crippen molar-refractivity contribution in [3.63, 3.8) is 0 Å². The van der Waals surface area contributed by atoms with E-state index in [1.807, 2.05) is 30.3 Å². The van der Waals surface area contributed by atoms with E-state index in [4.69, 9.17) is 4.74 Å². The summed E-state index contributed by atoms with van der Waals surface area (Å²) in [6.07, 6.45) is 1.00. The third kappa shape index (κ3) is 15.6. The maximum atomic E-state index is 11.7. The van der Waals surface area contributed by atoms with Crippen molar-refractivity contribution in [3.05, 3.63) is 35.9 Å². The topological polar surface area (TPSA) is 90.0 Å². The fraction of sp³-hybridized carbons (Fsp3) is 0.625. The van der Waals surface area contributed by atoms with Crippen LogP contribution in [0.15, 0.2) is 30.3 Å². The molecule has 0 aliphatic heterocycles. The first kappa shape index (κ1) is 32.0. The average molecular weight is 468 g/mol. The van der Waals surface area contributed by atoms with Gasteiger partial charge in [0.05, 0.1) is 20.1 Å². The van der Waals surface area contributed by atoms with E-state index in [-0.39, 0.29) is 41.3 Å². The Bertz CT molecular complexity index is 711. The molecule has 7 nitrogen and oxygen atoms in total. The molecule has 1 amide bonds. The van der Waals surface area contributed by atoms with Crippen LogP contribution >= 0.6 is 0 Å². The van der Waals surface area contributed by atoms with Gasteiger partial charge in [0.2, 0.25) is 5.91 Å². The molecule has 0 fully saturated rings. The predicted octanol–water partition coefficient (Wildman–Crippen LogP) is 4.35. The van der Waals surface area contributed by atoms with E-state index in [0.29, 0.717) is 0 Å². The van der Waals surface area contributed by atoms with Crippen LogP contribution in [0.3, 0.4) is 0 Å². The number of rotatable bonds is 7. The zero-order valence-electron chi connectivity index (χ0n) is 21.4. The van der Waals surface area contributed by atoms with Crippen LogP contribution in [-0.2, 0) is 34.8 Å². The molecule has 8 heteroatoms. The summed E-state index contributed by atoms with van der Waals surface area (Å²) in [6, 6.07) is 10.1. The Labute approximate surface area is 195 Å². The molecule has 0 aromatic heterocycles. The lowest BCUT2D eigenvalue weighted by atomic mass is 9.77. The Balaban J connectivity index is 0. The number of methoxy groups -OCH3 is 1. The van der Waals surface area contributed by atoms with Gasteiger partial charge in [-0.2, -0.15) is 0 Å². The van der Waals surface area contributed by atoms with Crippen LogP contribution in [-0.4, -0.2) is 52.7 Å². The van der Waals surface area contributed by atoms with Crippen molar-refractivity contribution >= 4 is 26.3 Å². The van der Waals surface area contributed by atoms with E-state index in [1.165, 1.54) is 33.8 Å². The van der Waals surface area contributed by atoms with E-state index in [1.54, 1.807) is 20.0 Å². The lowest BCUT2D eigenvalue weighted by Crippen LogP contribution is -2.31. The number of carbonyl (C=O) groups is 3. The molecule has 2 atom stereocenters. The summed E-state index contributed by atoms with van der Waals surface area (Å²) in [7, 11) is 3.26. The Morgan fingerprint density at radius 2 is 1.53 bits per heavy atom. The van der Waals surface area contributed by atoms with Crippen LogP contribution in [0.1, 0.15) is 46.6 Å².